The average molecular weight is 402 g/mol. The number of aryl methyl sites for hydroxylation is 2. The number of hydrogen-bond donors (Lipinski definition) is 2. The summed E-state index contributed by atoms with van der Waals surface area (Å²) in [5, 5.41) is 14.0. The Labute approximate surface area is 169 Å². The van der Waals surface area contributed by atoms with E-state index in [9.17, 15) is 14.7 Å². The van der Waals surface area contributed by atoms with Crippen LogP contribution in [0.2, 0.25) is 0 Å². The molecule has 1 aliphatic heterocycles. The molecule has 0 spiro atoms. The number of rotatable bonds is 6. The summed E-state index contributed by atoms with van der Waals surface area (Å²) < 4.78 is 5.31. The molecule has 2 N–H and O–H groups in total. The van der Waals surface area contributed by atoms with Gasteiger partial charge in [0.15, 0.2) is 0 Å². The van der Waals surface area contributed by atoms with Gasteiger partial charge < -0.3 is 19.4 Å². The maximum atomic E-state index is 13.3. The monoisotopic (exact) mass is 402 g/mol. The van der Waals surface area contributed by atoms with Gasteiger partial charge in [0.05, 0.1) is 11.8 Å². The predicted molar refractivity (Wildman–Crippen MR) is 103 cm³/mol. The molecule has 29 heavy (non-hydrogen) atoms. The van der Waals surface area contributed by atoms with Crippen molar-refractivity contribution in [3.05, 3.63) is 41.4 Å². The molecule has 156 valence electrons. The molecule has 1 aliphatic rings. The lowest BCUT2D eigenvalue weighted by Gasteiger charge is -2.28. The number of nitrogens with one attached hydrogen (secondary N) is 1. The minimum Gasteiger partial charge on any atom is -0.391 e. The fourth-order valence-electron chi connectivity index (χ4n) is 3.44. The van der Waals surface area contributed by atoms with Gasteiger partial charge in [0.25, 0.3) is 5.91 Å². The van der Waals surface area contributed by atoms with E-state index in [0.29, 0.717) is 11.5 Å². The Kier molecular flexibility index (Phi) is 6.17. The van der Waals surface area contributed by atoms with Crippen LogP contribution in [-0.4, -0.2) is 50.7 Å². The van der Waals surface area contributed by atoms with Crippen LogP contribution in [0.3, 0.4) is 0 Å². The van der Waals surface area contributed by atoms with Crippen LogP contribution in [0.15, 0.2) is 28.9 Å². The maximum absolute atomic E-state index is 13.3. The Morgan fingerprint density at radius 1 is 1.34 bits per heavy atom. The number of nitrogens with zero attached hydrogens (tertiary/aromatic N) is 3. The molecule has 9 heteroatoms. The second-order valence-electron chi connectivity index (χ2n) is 7.73. The van der Waals surface area contributed by atoms with Crippen molar-refractivity contribution in [2.24, 2.45) is 5.92 Å². The molecule has 1 saturated heterocycles. The molecule has 0 radical (unpaired) electrons. The highest BCUT2D eigenvalue weighted by Gasteiger charge is 2.43. The van der Waals surface area contributed by atoms with Crippen molar-refractivity contribution < 1.29 is 24.1 Å². The second kappa shape index (κ2) is 8.60. The maximum Gasteiger partial charge on any atom is 0.275 e. The minimum absolute atomic E-state index is 0.0655. The molecular formula is C20H26N4O5. The molecule has 3 rings (SSSR count). The Balaban J connectivity index is 1.73. The zero-order valence-electron chi connectivity index (χ0n) is 17.0. The van der Waals surface area contributed by atoms with Crippen LogP contribution in [0.25, 0.3) is 0 Å². The van der Waals surface area contributed by atoms with Gasteiger partial charge >= 0.3 is 0 Å². The number of carbonyl (C=O) groups excluding carboxylic acids is 2. The van der Waals surface area contributed by atoms with Gasteiger partial charge in [-0.15, -0.1) is 0 Å². The van der Waals surface area contributed by atoms with Crippen molar-refractivity contribution >= 4 is 11.8 Å². The van der Waals surface area contributed by atoms with Crippen LogP contribution < -0.4 is 10.3 Å². The third-order valence-corrected chi connectivity index (χ3v) is 4.89. The van der Waals surface area contributed by atoms with Gasteiger partial charge in [0, 0.05) is 31.3 Å². The SMILES string of the molecule is Cc1ccc(ONC(=O)[C@@H]2C[C@@H](O)CN2C(=O)C(c2cc(C)no2)C(C)C)nc1. The molecule has 1 fully saturated rings. The molecule has 0 bridgehead atoms. The first-order valence-electron chi connectivity index (χ1n) is 9.57. The van der Waals surface area contributed by atoms with E-state index in [1.807, 2.05) is 20.8 Å². The number of likely N-dealkylation sites (tertiary alicyclic amines) is 1. The molecule has 9 nitrogen and oxygen atoms in total. The Bertz CT molecular complexity index is 864. The van der Waals surface area contributed by atoms with E-state index < -0.39 is 24.0 Å². The quantitative estimate of drug-likeness (QED) is 0.703. The van der Waals surface area contributed by atoms with Gasteiger partial charge in [-0.3, -0.25) is 9.59 Å². The summed E-state index contributed by atoms with van der Waals surface area (Å²) in [6.07, 6.45) is 0.947. The highest BCUT2D eigenvalue weighted by atomic mass is 16.7. The lowest BCUT2D eigenvalue weighted by atomic mass is 9.91. The first-order chi connectivity index (χ1) is 13.8. The summed E-state index contributed by atoms with van der Waals surface area (Å²) >= 11 is 0. The number of aromatic nitrogens is 2. The van der Waals surface area contributed by atoms with Crippen LogP contribution in [0, 0.1) is 19.8 Å². The summed E-state index contributed by atoms with van der Waals surface area (Å²) in [6, 6.07) is 4.29. The average Bonchev–Trinajstić information content (AvgIpc) is 3.26. The smallest absolute Gasteiger partial charge is 0.275 e. The Morgan fingerprint density at radius 3 is 2.69 bits per heavy atom. The van der Waals surface area contributed by atoms with E-state index >= 15 is 0 Å². The van der Waals surface area contributed by atoms with Gasteiger partial charge in [-0.05, 0) is 25.3 Å². The minimum atomic E-state index is -0.854. The standard InChI is InChI=1S/C20H26N4O5/c1-11(2)18(16-7-13(4)22-28-16)20(27)24-10-14(25)8-15(24)19(26)23-29-17-6-5-12(3)9-21-17/h5-7,9,11,14-15,18,25H,8,10H2,1-4H3,(H,23,26)/t14-,15+,18?/m1/s1. The van der Waals surface area contributed by atoms with Gasteiger partial charge in [0.2, 0.25) is 11.8 Å². The summed E-state index contributed by atoms with van der Waals surface area (Å²) in [4.78, 5) is 36.6. The zero-order valence-corrected chi connectivity index (χ0v) is 17.0. The van der Waals surface area contributed by atoms with Crippen molar-refractivity contribution in [2.75, 3.05) is 6.54 Å². The van der Waals surface area contributed by atoms with E-state index in [4.69, 9.17) is 9.36 Å². The van der Waals surface area contributed by atoms with Gasteiger partial charge in [-0.2, -0.15) is 5.48 Å². The van der Waals surface area contributed by atoms with Crippen molar-refractivity contribution in [1.82, 2.24) is 20.5 Å². The van der Waals surface area contributed by atoms with E-state index in [1.165, 1.54) is 4.90 Å². The van der Waals surface area contributed by atoms with E-state index in [0.717, 1.165) is 5.56 Å². The third-order valence-electron chi connectivity index (χ3n) is 4.89. The lowest BCUT2D eigenvalue weighted by Crippen LogP contribution is -2.48. The molecule has 0 saturated carbocycles. The van der Waals surface area contributed by atoms with Crippen LogP contribution in [0.5, 0.6) is 5.88 Å². The van der Waals surface area contributed by atoms with Crippen molar-refractivity contribution in [1.29, 1.82) is 0 Å². The molecule has 3 heterocycles. The number of hydrogen-bond acceptors (Lipinski definition) is 7. The summed E-state index contributed by atoms with van der Waals surface area (Å²) in [5.41, 5.74) is 3.97. The second-order valence-corrected chi connectivity index (χ2v) is 7.73. The van der Waals surface area contributed by atoms with Crippen molar-refractivity contribution in [3.8, 4) is 5.88 Å². The molecule has 2 aromatic rings. The zero-order chi connectivity index (χ0) is 21.1. The molecule has 3 atom stereocenters. The Hall–Kier alpha value is -2.94. The molecule has 0 aromatic carbocycles. The highest BCUT2D eigenvalue weighted by Crippen LogP contribution is 2.31. The van der Waals surface area contributed by atoms with Gasteiger partial charge in [-0.1, -0.05) is 25.1 Å². The fourth-order valence-corrected chi connectivity index (χ4v) is 3.44. The summed E-state index contributed by atoms with van der Waals surface area (Å²) in [5.74, 6) is -0.809. The van der Waals surface area contributed by atoms with E-state index in [2.05, 4.69) is 15.6 Å². The van der Waals surface area contributed by atoms with Crippen molar-refractivity contribution in [3.63, 3.8) is 0 Å². The number of pyridine rings is 1. The molecular weight excluding hydrogens is 376 g/mol. The molecule has 1 unspecified atom stereocenters. The van der Waals surface area contributed by atoms with E-state index in [1.54, 1.807) is 31.3 Å². The first kappa shape index (κ1) is 20.8. The predicted octanol–water partition coefficient (Wildman–Crippen LogP) is 1.50. The lowest BCUT2D eigenvalue weighted by molar-refractivity contribution is -0.143. The first-order valence-corrected chi connectivity index (χ1v) is 9.57. The fraction of sp³-hybridized carbons (Fsp3) is 0.500. The normalized spacial score (nSPS) is 20.0. The number of carbonyl (C=O) groups is 2. The number of aliphatic hydroxyl groups excluding tert-OH is 1. The van der Waals surface area contributed by atoms with Gasteiger partial charge in [-0.25, -0.2) is 4.98 Å². The van der Waals surface area contributed by atoms with Gasteiger partial charge in [0.1, 0.15) is 17.7 Å². The van der Waals surface area contributed by atoms with Crippen molar-refractivity contribution in [2.45, 2.75) is 52.2 Å². The molecule has 2 aromatic heterocycles. The number of amides is 2. The Morgan fingerprint density at radius 2 is 2.10 bits per heavy atom. The van der Waals surface area contributed by atoms with Crippen LogP contribution in [-0.2, 0) is 9.59 Å². The largest absolute Gasteiger partial charge is 0.391 e. The number of hydroxylamine groups is 1. The number of aliphatic hydroxyl groups is 1. The summed E-state index contributed by atoms with van der Waals surface area (Å²) in [6.45, 7) is 7.53. The van der Waals surface area contributed by atoms with Crippen LogP contribution in [0.4, 0.5) is 0 Å². The molecule has 2 amide bonds. The van der Waals surface area contributed by atoms with Crippen LogP contribution >= 0.6 is 0 Å². The summed E-state index contributed by atoms with van der Waals surface area (Å²) in [7, 11) is 0. The molecule has 0 aliphatic carbocycles. The van der Waals surface area contributed by atoms with E-state index in [-0.39, 0.29) is 30.7 Å². The topological polar surface area (TPSA) is 118 Å². The third kappa shape index (κ3) is 4.73. The number of β-amino-alcohol motifs (C(OH)–C–C–N with tert-alkyl or cyclic N) is 1. The highest BCUT2D eigenvalue weighted by molar-refractivity contribution is 5.90. The van der Waals surface area contributed by atoms with Crippen LogP contribution in [0.1, 0.15) is 43.2 Å².